The van der Waals surface area contributed by atoms with Gasteiger partial charge in [-0.25, -0.2) is 4.52 Å². The number of hydrogen-bond acceptors (Lipinski definition) is 5. The van der Waals surface area contributed by atoms with Gasteiger partial charge in [-0.2, -0.15) is 5.10 Å². The number of piperazine rings is 1. The Morgan fingerprint density at radius 2 is 1.86 bits per heavy atom. The molecule has 5 heterocycles. The van der Waals surface area contributed by atoms with Gasteiger partial charge in [0.15, 0.2) is 0 Å². The molecule has 1 amide bonds. The van der Waals surface area contributed by atoms with Crippen molar-refractivity contribution in [1.29, 1.82) is 0 Å². The third kappa shape index (κ3) is 4.86. The Hall–Kier alpha value is -2.93. The van der Waals surface area contributed by atoms with Crippen molar-refractivity contribution in [3.05, 3.63) is 48.4 Å². The molecule has 7 nitrogen and oxygen atoms in total. The highest BCUT2D eigenvalue weighted by molar-refractivity contribution is 5.81. The van der Waals surface area contributed by atoms with Crippen molar-refractivity contribution in [2.24, 2.45) is 11.8 Å². The molecule has 0 N–H and O–H groups in total. The SMILES string of the molecule is CC1CC(C(=O)N2CCN(c3ccnn4cc(-c5ccc([C@H]6CCCN(C(C)C)C6)cn5)cc34)CC2)C1. The van der Waals surface area contributed by atoms with Crippen LogP contribution in [0.4, 0.5) is 5.69 Å². The van der Waals surface area contributed by atoms with Gasteiger partial charge in [0.2, 0.25) is 5.91 Å². The van der Waals surface area contributed by atoms with E-state index in [1.165, 1.54) is 30.6 Å². The van der Waals surface area contributed by atoms with Crippen LogP contribution in [0.3, 0.4) is 0 Å². The molecule has 0 aromatic carbocycles. The van der Waals surface area contributed by atoms with Crippen molar-refractivity contribution >= 4 is 17.1 Å². The molecule has 6 rings (SSSR count). The molecule has 7 heteroatoms. The largest absolute Gasteiger partial charge is 0.366 e. The molecule has 37 heavy (non-hydrogen) atoms. The lowest BCUT2D eigenvalue weighted by atomic mass is 9.75. The highest BCUT2D eigenvalue weighted by Crippen LogP contribution is 2.35. The molecule has 2 saturated heterocycles. The monoisotopic (exact) mass is 500 g/mol. The maximum Gasteiger partial charge on any atom is 0.225 e. The lowest BCUT2D eigenvalue weighted by Crippen LogP contribution is -2.52. The molecule has 3 aromatic rings. The Balaban J connectivity index is 1.15. The quantitative estimate of drug-likeness (QED) is 0.509. The molecule has 3 aromatic heterocycles. The first-order valence-corrected chi connectivity index (χ1v) is 14.2. The summed E-state index contributed by atoms with van der Waals surface area (Å²) in [5.41, 5.74) is 5.70. The van der Waals surface area contributed by atoms with E-state index in [9.17, 15) is 4.79 Å². The molecule has 0 unspecified atom stereocenters. The molecular formula is C30H40N6O. The van der Waals surface area contributed by atoms with E-state index in [0.29, 0.717) is 23.8 Å². The zero-order valence-corrected chi connectivity index (χ0v) is 22.5. The lowest BCUT2D eigenvalue weighted by molar-refractivity contribution is -0.140. The van der Waals surface area contributed by atoms with Crippen LogP contribution in [0.5, 0.6) is 0 Å². The molecule has 2 aliphatic heterocycles. The molecule has 196 valence electrons. The number of rotatable bonds is 5. The van der Waals surface area contributed by atoms with Crippen LogP contribution in [0, 0.1) is 11.8 Å². The second kappa shape index (κ2) is 10.1. The van der Waals surface area contributed by atoms with Gasteiger partial charge in [-0.05, 0) is 81.7 Å². The number of anilines is 1. The van der Waals surface area contributed by atoms with Crippen molar-refractivity contribution in [1.82, 2.24) is 24.4 Å². The molecule has 1 aliphatic carbocycles. The van der Waals surface area contributed by atoms with Crippen LogP contribution in [0.1, 0.15) is 57.9 Å². The number of pyridine rings is 1. The highest BCUT2D eigenvalue weighted by Gasteiger charge is 2.35. The summed E-state index contributed by atoms with van der Waals surface area (Å²) in [7, 11) is 0. The molecule has 0 spiro atoms. The van der Waals surface area contributed by atoms with Crippen molar-refractivity contribution in [3.63, 3.8) is 0 Å². The Bertz CT molecular complexity index is 1240. The van der Waals surface area contributed by atoms with Crippen LogP contribution < -0.4 is 4.90 Å². The van der Waals surface area contributed by atoms with Gasteiger partial charge in [0.1, 0.15) is 0 Å². The summed E-state index contributed by atoms with van der Waals surface area (Å²) in [6.45, 7) is 12.5. The van der Waals surface area contributed by atoms with E-state index in [0.717, 1.165) is 62.3 Å². The molecule has 1 saturated carbocycles. The summed E-state index contributed by atoms with van der Waals surface area (Å²) in [5.74, 6) is 1.89. The first-order valence-electron chi connectivity index (χ1n) is 14.2. The number of carbonyl (C=O) groups excluding carboxylic acids is 1. The van der Waals surface area contributed by atoms with Gasteiger partial charge in [0, 0.05) is 68.8 Å². The normalized spacial score (nSPS) is 25.0. The van der Waals surface area contributed by atoms with E-state index in [1.807, 2.05) is 10.7 Å². The minimum absolute atomic E-state index is 0.258. The fourth-order valence-corrected chi connectivity index (χ4v) is 6.50. The van der Waals surface area contributed by atoms with E-state index in [4.69, 9.17) is 4.98 Å². The Morgan fingerprint density at radius 1 is 1.05 bits per heavy atom. The fourth-order valence-electron chi connectivity index (χ4n) is 6.50. The third-order valence-electron chi connectivity index (χ3n) is 8.88. The summed E-state index contributed by atoms with van der Waals surface area (Å²) < 4.78 is 1.97. The minimum atomic E-state index is 0.258. The molecule has 3 fully saturated rings. The maximum absolute atomic E-state index is 12.8. The highest BCUT2D eigenvalue weighted by atomic mass is 16.2. The zero-order valence-electron chi connectivity index (χ0n) is 22.5. The molecule has 1 atom stereocenters. The van der Waals surface area contributed by atoms with Crippen LogP contribution in [0.25, 0.3) is 16.8 Å². The maximum atomic E-state index is 12.8. The minimum Gasteiger partial charge on any atom is -0.366 e. The Morgan fingerprint density at radius 3 is 2.57 bits per heavy atom. The topological polar surface area (TPSA) is 57.0 Å². The van der Waals surface area contributed by atoms with Crippen LogP contribution in [0.15, 0.2) is 42.9 Å². The average molecular weight is 501 g/mol. The van der Waals surface area contributed by atoms with Gasteiger partial charge in [-0.1, -0.05) is 13.0 Å². The van der Waals surface area contributed by atoms with E-state index in [-0.39, 0.29) is 5.92 Å². The fraction of sp³-hybridized carbons (Fsp3) is 0.567. The average Bonchev–Trinajstić information content (AvgIpc) is 3.36. The van der Waals surface area contributed by atoms with Crippen molar-refractivity contribution in [2.45, 2.75) is 58.4 Å². The van der Waals surface area contributed by atoms with Gasteiger partial charge in [0.25, 0.3) is 0 Å². The van der Waals surface area contributed by atoms with Crippen molar-refractivity contribution in [3.8, 4) is 11.3 Å². The number of fused-ring (bicyclic) bond motifs is 1. The molecule has 3 aliphatic rings. The number of nitrogens with zero attached hydrogens (tertiary/aromatic N) is 6. The van der Waals surface area contributed by atoms with Gasteiger partial charge in [-0.3, -0.25) is 9.78 Å². The van der Waals surface area contributed by atoms with E-state index < -0.39 is 0 Å². The third-order valence-corrected chi connectivity index (χ3v) is 8.88. The van der Waals surface area contributed by atoms with Crippen molar-refractivity contribution < 1.29 is 4.79 Å². The number of hydrogen-bond donors (Lipinski definition) is 0. The van der Waals surface area contributed by atoms with Gasteiger partial charge >= 0.3 is 0 Å². The van der Waals surface area contributed by atoms with Gasteiger partial charge in [-0.15, -0.1) is 0 Å². The number of aromatic nitrogens is 3. The second-order valence-electron chi connectivity index (χ2n) is 11.8. The number of carbonyl (C=O) groups is 1. The summed E-state index contributed by atoms with van der Waals surface area (Å²) in [5, 5.41) is 4.58. The standard InChI is InChI=1S/C30H40N6O/c1-21(2)35-10-4-5-24(19-35)23-6-7-27(31-18-23)26-17-29-28(8-9-32-36(29)20-26)33-11-13-34(14-12-33)30(37)25-15-22(3)16-25/h6-9,17-18,20-22,24-25H,4-5,10-16,19H2,1-3H3/t22?,24-,25?/m0/s1. The Kier molecular flexibility index (Phi) is 6.65. The van der Waals surface area contributed by atoms with Crippen LogP contribution in [0.2, 0.25) is 0 Å². The van der Waals surface area contributed by atoms with Crippen LogP contribution >= 0.6 is 0 Å². The first-order chi connectivity index (χ1) is 18.0. The summed E-state index contributed by atoms with van der Waals surface area (Å²) >= 11 is 0. The predicted molar refractivity (Wildman–Crippen MR) is 148 cm³/mol. The van der Waals surface area contributed by atoms with E-state index in [1.54, 1.807) is 0 Å². The van der Waals surface area contributed by atoms with E-state index >= 15 is 0 Å². The predicted octanol–water partition coefficient (Wildman–Crippen LogP) is 4.68. The van der Waals surface area contributed by atoms with Crippen LogP contribution in [-0.4, -0.2) is 75.6 Å². The Labute approximate surface area is 220 Å². The molecule has 0 radical (unpaired) electrons. The molecule has 0 bridgehead atoms. The number of piperidine rings is 1. The van der Waals surface area contributed by atoms with Gasteiger partial charge in [0.05, 0.1) is 16.9 Å². The summed E-state index contributed by atoms with van der Waals surface area (Å²) in [6.07, 6.45) is 10.7. The van der Waals surface area contributed by atoms with Crippen molar-refractivity contribution in [2.75, 3.05) is 44.2 Å². The van der Waals surface area contributed by atoms with E-state index in [2.05, 4.69) is 77.2 Å². The van der Waals surface area contributed by atoms with Crippen LogP contribution in [-0.2, 0) is 4.79 Å². The first kappa shape index (κ1) is 24.4. The number of likely N-dealkylation sites (tertiary alicyclic amines) is 1. The number of amides is 1. The lowest BCUT2D eigenvalue weighted by Gasteiger charge is -2.40. The zero-order chi connectivity index (χ0) is 25.5. The van der Waals surface area contributed by atoms with Gasteiger partial charge < -0.3 is 14.7 Å². The summed E-state index contributed by atoms with van der Waals surface area (Å²) in [4.78, 5) is 24.7. The summed E-state index contributed by atoms with van der Waals surface area (Å²) in [6, 6.07) is 9.35. The smallest absolute Gasteiger partial charge is 0.225 e. The second-order valence-corrected chi connectivity index (χ2v) is 11.8. The molecular weight excluding hydrogens is 460 g/mol.